The first-order valence-corrected chi connectivity index (χ1v) is 4.96. The highest BCUT2D eigenvalue weighted by Gasteiger charge is 2.13. The van der Waals surface area contributed by atoms with Gasteiger partial charge in [0.05, 0.1) is 11.6 Å². The Bertz CT molecular complexity index is 698. The van der Waals surface area contributed by atoms with Crippen LogP contribution in [0.3, 0.4) is 0 Å². The lowest BCUT2D eigenvalue weighted by atomic mass is 10.2. The largest absolute Gasteiger partial charge is 0.464 e. The van der Waals surface area contributed by atoms with Crippen molar-refractivity contribution >= 4 is 28.0 Å². The van der Waals surface area contributed by atoms with E-state index in [9.17, 15) is 4.79 Å². The van der Waals surface area contributed by atoms with E-state index in [-0.39, 0.29) is 12.3 Å². The molecule has 3 aromatic rings. The number of fused-ring (bicyclic) bond motifs is 3. The van der Waals surface area contributed by atoms with Crippen molar-refractivity contribution in [3.8, 4) is 0 Å². The molecule has 17 heavy (non-hydrogen) atoms. The van der Waals surface area contributed by atoms with Crippen molar-refractivity contribution in [2.45, 2.75) is 6.42 Å². The SMILES string of the molecule is O=C(Cc1nc2ccc3occc3c2o1)NO. The third kappa shape index (κ3) is 1.55. The molecule has 2 N–H and O–H groups in total. The minimum Gasteiger partial charge on any atom is -0.464 e. The first-order chi connectivity index (χ1) is 8.28. The molecule has 0 unspecified atom stereocenters. The zero-order valence-electron chi connectivity index (χ0n) is 8.64. The average Bonchev–Trinajstić information content (AvgIpc) is 2.92. The number of hydrogen-bond acceptors (Lipinski definition) is 5. The summed E-state index contributed by atoms with van der Waals surface area (Å²) in [5, 5.41) is 9.24. The summed E-state index contributed by atoms with van der Waals surface area (Å²) in [6.45, 7) is 0. The number of nitrogens with one attached hydrogen (secondary N) is 1. The van der Waals surface area contributed by atoms with Crippen LogP contribution >= 0.6 is 0 Å². The Labute approximate surface area is 94.8 Å². The first kappa shape index (κ1) is 9.86. The Hall–Kier alpha value is -2.34. The van der Waals surface area contributed by atoms with E-state index in [4.69, 9.17) is 14.0 Å². The molecule has 1 amide bonds. The van der Waals surface area contributed by atoms with Gasteiger partial charge in [0, 0.05) is 0 Å². The minimum atomic E-state index is -0.569. The Morgan fingerprint density at radius 2 is 2.29 bits per heavy atom. The fraction of sp³-hybridized carbons (Fsp3) is 0.0909. The molecule has 0 saturated heterocycles. The van der Waals surface area contributed by atoms with Gasteiger partial charge in [-0.1, -0.05) is 0 Å². The monoisotopic (exact) mass is 232 g/mol. The molecule has 3 rings (SSSR count). The molecular weight excluding hydrogens is 224 g/mol. The van der Waals surface area contributed by atoms with Gasteiger partial charge in [-0.2, -0.15) is 0 Å². The van der Waals surface area contributed by atoms with E-state index in [1.807, 2.05) is 0 Å². The zero-order chi connectivity index (χ0) is 11.8. The smallest absolute Gasteiger partial charge is 0.252 e. The molecule has 0 aliphatic carbocycles. The molecular formula is C11H8N2O4. The fourth-order valence-corrected chi connectivity index (χ4v) is 1.73. The average molecular weight is 232 g/mol. The summed E-state index contributed by atoms with van der Waals surface area (Å²) in [7, 11) is 0. The second kappa shape index (κ2) is 3.60. The molecule has 0 atom stereocenters. The van der Waals surface area contributed by atoms with Crippen LogP contribution in [0, 0.1) is 0 Å². The maximum absolute atomic E-state index is 11.0. The molecule has 6 heteroatoms. The minimum absolute atomic E-state index is 0.107. The number of amides is 1. The van der Waals surface area contributed by atoms with Crippen molar-refractivity contribution in [3.63, 3.8) is 0 Å². The van der Waals surface area contributed by atoms with Gasteiger partial charge < -0.3 is 8.83 Å². The quantitative estimate of drug-likeness (QED) is 0.517. The van der Waals surface area contributed by atoms with Crippen molar-refractivity contribution in [2.24, 2.45) is 0 Å². The predicted molar refractivity (Wildman–Crippen MR) is 57.4 cm³/mol. The third-order valence-corrected chi connectivity index (χ3v) is 2.47. The molecule has 6 nitrogen and oxygen atoms in total. The molecule has 0 aliphatic rings. The topological polar surface area (TPSA) is 88.5 Å². The summed E-state index contributed by atoms with van der Waals surface area (Å²) >= 11 is 0. The van der Waals surface area contributed by atoms with Crippen molar-refractivity contribution in [1.82, 2.24) is 10.5 Å². The van der Waals surface area contributed by atoms with Crippen LogP contribution in [0.1, 0.15) is 5.89 Å². The molecule has 0 saturated carbocycles. The number of rotatable bonds is 2. The van der Waals surface area contributed by atoms with Crippen LogP contribution in [0.25, 0.3) is 22.1 Å². The highest BCUT2D eigenvalue weighted by atomic mass is 16.5. The molecule has 0 fully saturated rings. The molecule has 0 radical (unpaired) electrons. The maximum Gasteiger partial charge on any atom is 0.252 e. The number of benzene rings is 1. The summed E-state index contributed by atoms with van der Waals surface area (Å²) in [5.41, 5.74) is 3.47. The maximum atomic E-state index is 11.0. The fourth-order valence-electron chi connectivity index (χ4n) is 1.73. The Kier molecular flexibility index (Phi) is 2.09. The third-order valence-electron chi connectivity index (χ3n) is 2.47. The number of aromatic nitrogens is 1. The number of hydroxylamine groups is 1. The standard InChI is InChI=1S/C11H8N2O4/c14-9(13-15)5-10-12-7-1-2-8-6(3-4-16-8)11(7)17-10/h1-4,15H,5H2,(H,13,14). The van der Waals surface area contributed by atoms with Crippen LogP contribution in [-0.4, -0.2) is 16.1 Å². The van der Waals surface area contributed by atoms with Crippen LogP contribution in [0.2, 0.25) is 0 Å². The van der Waals surface area contributed by atoms with Crippen molar-refractivity contribution in [3.05, 3.63) is 30.4 Å². The Balaban J connectivity index is 2.14. The van der Waals surface area contributed by atoms with Gasteiger partial charge in [0.2, 0.25) is 5.89 Å². The van der Waals surface area contributed by atoms with Gasteiger partial charge in [-0.3, -0.25) is 10.0 Å². The van der Waals surface area contributed by atoms with E-state index in [2.05, 4.69) is 4.98 Å². The summed E-state index contributed by atoms with van der Waals surface area (Å²) in [5.74, 6) is -0.319. The molecule has 86 valence electrons. The van der Waals surface area contributed by atoms with Gasteiger partial charge in [0.1, 0.15) is 17.5 Å². The molecule has 0 spiro atoms. The van der Waals surface area contributed by atoms with E-state index in [0.717, 1.165) is 5.39 Å². The predicted octanol–water partition coefficient (Wildman–Crippen LogP) is 1.62. The lowest BCUT2D eigenvalue weighted by Gasteiger charge is -1.91. The number of furan rings is 1. The molecule has 1 aromatic carbocycles. The van der Waals surface area contributed by atoms with Gasteiger partial charge in [-0.15, -0.1) is 0 Å². The number of oxazole rings is 1. The number of carbonyl (C=O) groups excluding carboxylic acids is 1. The Morgan fingerprint density at radius 1 is 1.41 bits per heavy atom. The first-order valence-electron chi connectivity index (χ1n) is 4.96. The van der Waals surface area contributed by atoms with Gasteiger partial charge in [0.15, 0.2) is 5.58 Å². The van der Waals surface area contributed by atoms with Crippen LogP contribution in [-0.2, 0) is 11.2 Å². The molecule has 2 aromatic heterocycles. The normalized spacial score (nSPS) is 11.1. The lowest BCUT2D eigenvalue weighted by molar-refractivity contribution is -0.128. The van der Waals surface area contributed by atoms with Gasteiger partial charge in [-0.05, 0) is 18.2 Å². The highest BCUT2D eigenvalue weighted by molar-refractivity contribution is 6.00. The van der Waals surface area contributed by atoms with Crippen molar-refractivity contribution in [2.75, 3.05) is 0 Å². The van der Waals surface area contributed by atoms with Crippen LogP contribution in [0.15, 0.2) is 33.3 Å². The number of hydrogen-bond donors (Lipinski definition) is 2. The molecule has 0 aliphatic heterocycles. The summed E-state index contributed by atoms with van der Waals surface area (Å²) < 4.78 is 10.7. The van der Waals surface area contributed by atoms with Crippen molar-refractivity contribution < 1.29 is 18.8 Å². The molecule has 2 heterocycles. The second-order valence-corrected chi connectivity index (χ2v) is 3.57. The molecule has 0 bridgehead atoms. The highest BCUT2D eigenvalue weighted by Crippen LogP contribution is 2.26. The lowest BCUT2D eigenvalue weighted by Crippen LogP contribution is -2.20. The van der Waals surface area contributed by atoms with Gasteiger partial charge in [-0.25, -0.2) is 10.5 Å². The van der Waals surface area contributed by atoms with E-state index < -0.39 is 5.91 Å². The van der Waals surface area contributed by atoms with Crippen molar-refractivity contribution in [1.29, 1.82) is 0 Å². The van der Waals surface area contributed by atoms with E-state index in [1.165, 1.54) is 5.48 Å². The summed E-state index contributed by atoms with van der Waals surface area (Å²) in [4.78, 5) is 15.1. The van der Waals surface area contributed by atoms with E-state index in [0.29, 0.717) is 16.7 Å². The summed E-state index contributed by atoms with van der Waals surface area (Å²) in [6.07, 6.45) is 1.46. The number of nitrogens with zero attached hydrogens (tertiary/aromatic N) is 1. The van der Waals surface area contributed by atoms with Gasteiger partial charge in [0.25, 0.3) is 5.91 Å². The number of carbonyl (C=O) groups is 1. The van der Waals surface area contributed by atoms with Crippen LogP contribution in [0.5, 0.6) is 0 Å². The van der Waals surface area contributed by atoms with Gasteiger partial charge >= 0.3 is 0 Å². The van der Waals surface area contributed by atoms with Crippen LogP contribution in [0.4, 0.5) is 0 Å². The Morgan fingerprint density at radius 3 is 3.12 bits per heavy atom. The van der Waals surface area contributed by atoms with Crippen LogP contribution < -0.4 is 5.48 Å². The second-order valence-electron chi connectivity index (χ2n) is 3.57. The zero-order valence-corrected chi connectivity index (χ0v) is 8.64. The van der Waals surface area contributed by atoms with E-state index in [1.54, 1.807) is 24.5 Å². The van der Waals surface area contributed by atoms with E-state index >= 15 is 0 Å². The summed E-state index contributed by atoms with van der Waals surface area (Å²) in [6, 6.07) is 5.32.